The van der Waals surface area contributed by atoms with Crippen LogP contribution in [0.1, 0.15) is 13.8 Å². The Morgan fingerprint density at radius 3 is 2.19 bits per heavy atom. The largest absolute Gasteiger partial charge is 0.377 e. The molecule has 2 atom stereocenters. The Hall–Kier alpha value is -2.48. The highest BCUT2D eigenvalue weighted by Crippen LogP contribution is 2.31. The van der Waals surface area contributed by atoms with Crippen molar-refractivity contribution in [3.63, 3.8) is 0 Å². The normalized spacial score (nSPS) is 22.2. The van der Waals surface area contributed by atoms with Gasteiger partial charge in [0, 0.05) is 23.7 Å². The van der Waals surface area contributed by atoms with E-state index in [0.717, 1.165) is 35.6 Å². The third-order valence-corrected chi connectivity index (χ3v) is 6.18. The van der Waals surface area contributed by atoms with E-state index < -0.39 is 0 Å². The zero-order chi connectivity index (χ0) is 21.4. The van der Waals surface area contributed by atoms with Crippen molar-refractivity contribution < 1.29 is 9.47 Å². The molecule has 0 N–H and O–H groups in total. The first-order valence-electron chi connectivity index (χ1n) is 10.7. The molecule has 0 aliphatic carbocycles. The number of nitrogens with zero attached hydrogens (tertiary/aromatic N) is 5. The van der Waals surface area contributed by atoms with Crippen molar-refractivity contribution >= 4 is 34.4 Å². The highest BCUT2D eigenvalue weighted by molar-refractivity contribution is 6.30. The van der Waals surface area contributed by atoms with Crippen LogP contribution in [-0.4, -0.2) is 66.6 Å². The molecule has 0 saturated carbocycles. The first kappa shape index (κ1) is 20.4. The molecule has 2 aliphatic heterocycles. The van der Waals surface area contributed by atoms with E-state index in [1.54, 1.807) is 0 Å². The van der Waals surface area contributed by atoms with Gasteiger partial charge in [0.05, 0.1) is 49.6 Å². The number of ether oxygens (including phenoxy) is 2. The van der Waals surface area contributed by atoms with Gasteiger partial charge in [-0.3, -0.25) is 0 Å². The molecular weight excluding hydrogens is 414 g/mol. The second-order valence-corrected chi connectivity index (χ2v) is 8.59. The van der Waals surface area contributed by atoms with Crippen LogP contribution in [-0.2, 0) is 9.47 Å². The average Bonchev–Trinajstić information content (AvgIpc) is 2.79. The predicted octanol–water partition coefficient (Wildman–Crippen LogP) is 3.80. The highest BCUT2D eigenvalue weighted by Gasteiger charge is 2.27. The van der Waals surface area contributed by atoms with Gasteiger partial charge in [-0.1, -0.05) is 23.7 Å². The molecule has 2 fully saturated rings. The molecule has 0 bridgehead atoms. The maximum Gasteiger partial charge on any atom is 0.229 e. The van der Waals surface area contributed by atoms with Crippen LogP contribution in [0, 0.1) is 0 Å². The minimum atomic E-state index is 0.209. The van der Waals surface area contributed by atoms with Crippen molar-refractivity contribution in [2.75, 3.05) is 49.3 Å². The van der Waals surface area contributed by atoms with Crippen LogP contribution in [0.2, 0.25) is 5.02 Å². The minimum absolute atomic E-state index is 0.209. The molecule has 0 radical (unpaired) electrons. The average molecular weight is 440 g/mol. The van der Waals surface area contributed by atoms with Crippen LogP contribution >= 0.6 is 11.6 Å². The van der Waals surface area contributed by atoms with Gasteiger partial charge < -0.3 is 19.3 Å². The second kappa shape index (κ2) is 8.57. The molecule has 2 aromatic heterocycles. The van der Waals surface area contributed by atoms with Gasteiger partial charge in [-0.15, -0.1) is 0 Å². The fourth-order valence-corrected chi connectivity index (χ4v) is 4.30. The van der Waals surface area contributed by atoms with Gasteiger partial charge in [0.2, 0.25) is 5.95 Å². The van der Waals surface area contributed by atoms with Crippen molar-refractivity contribution in [1.82, 2.24) is 15.0 Å². The smallest absolute Gasteiger partial charge is 0.229 e. The van der Waals surface area contributed by atoms with Crippen LogP contribution < -0.4 is 9.80 Å². The van der Waals surface area contributed by atoms with Gasteiger partial charge in [-0.2, -0.15) is 9.97 Å². The molecule has 31 heavy (non-hydrogen) atoms. The number of anilines is 2. The van der Waals surface area contributed by atoms with E-state index in [-0.39, 0.29) is 12.1 Å². The first-order valence-corrected chi connectivity index (χ1v) is 11.1. The van der Waals surface area contributed by atoms with Gasteiger partial charge in [0.1, 0.15) is 5.82 Å². The molecule has 8 heteroatoms. The van der Waals surface area contributed by atoms with Crippen molar-refractivity contribution in [3.05, 3.63) is 41.4 Å². The zero-order valence-electron chi connectivity index (χ0n) is 17.8. The van der Waals surface area contributed by atoms with Crippen LogP contribution in [0.4, 0.5) is 11.8 Å². The number of benzene rings is 1. The van der Waals surface area contributed by atoms with Crippen molar-refractivity contribution in [2.24, 2.45) is 0 Å². The van der Waals surface area contributed by atoms with Crippen LogP contribution in [0.3, 0.4) is 0 Å². The molecule has 0 unspecified atom stereocenters. The molecule has 4 heterocycles. The summed E-state index contributed by atoms with van der Waals surface area (Å²) in [6.07, 6.45) is 0. The fraction of sp³-hybridized carbons (Fsp3) is 0.435. The monoisotopic (exact) mass is 439 g/mol. The summed E-state index contributed by atoms with van der Waals surface area (Å²) in [6.45, 7) is 8.59. The van der Waals surface area contributed by atoms with E-state index >= 15 is 0 Å². The first-order chi connectivity index (χ1) is 15.1. The number of aromatic nitrogens is 3. The lowest BCUT2D eigenvalue weighted by molar-refractivity contribution is 0.0973. The molecule has 3 aromatic rings. The zero-order valence-corrected chi connectivity index (χ0v) is 18.5. The van der Waals surface area contributed by atoms with Crippen LogP contribution in [0.15, 0.2) is 36.4 Å². The lowest BCUT2D eigenvalue weighted by Gasteiger charge is -2.37. The Morgan fingerprint density at radius 1 is 0.839 bits per heavy atom. The number of morpholine rings is 2. The second-order valence-electron chi connectivity index (χ2n) is 8.16. The molecule has 2 aliphatic rings. The van der Waals surface area contributed by atoms with Crippen molar-refractivity contribution in [1.29, 1.82) is 0 Å². The SMILES string of the molecule is C[C@H]1COCCN1c1nc(N2CCOC[C@@H]2C)c2ccc(-c3ccc(Cl)cc3)nc2n1. The number of fused-ring (bicyclic) bond motifs is 1. The lowest BCUT2D eigenvalue weighted by atomic mass is 10.1. The summed E-state index contributed by atoms with van der Waals surface area (Å²) in [5.41, 5.74) is 2.57. The molecule has 2 saturated heterocycles. The predicted molar refractivity (Wildman–Crippen MR) is 123 cm³/mol. The Kier molecular flexibility index (Phi) is 5.65. The third kappa shape index (κ3) is 4.05. The summed E-state index contributed by atoms with van der Waals surface area (Å²) in [5, 5.41) is 1.66. The number of hydrogen-bond donors (Lipinski definition) is 0. The highest BCUT2D eigenvalue weighted by atomic mass is 35.5. The molecule has 0 amide bonds. The van der Waals surface area contributed by atoms with Crippen molar-refractivity contribution in [3.8, 4) is 11.3 Å². The third-order valence-electron chi connectivity index (χ3n) is 5.93. The molecule has 5 rings (SSSR count). The number of hydrogen-bond acceptors (Lipinski definition) is 7. The summed E-state index contributed by atoms with van der Waals surface area (Å²) in [6, 6.07) is 12.3. The fourth-order valence-electron chi connectivity index (χ4n) is 4.18. The summed E-state index contributed by atoms with van der Waals surface area (Å²) in [4.78, 5) is 19.4. The molecule has 0 spiro atoms. The van der Waals surface area contributed by atoms with E-state index in [0.29, 0.717) is 43.0 Å². The van der Waals surface area contributed by atoms with Gasteiger partial charge in [-0.05, 0) is 38.1 Å². The van der Waals surface area contributed by atoms with Crippen LogP contribution in [0.25, 0.3) is 22.3 Å². The van der Waals surface area contributed by atoms with Gasteiger partial charge in [0.25, 0.3) is 0 Å². The minimum Gasteiger partial charge on any atom is -0.377 e. The summed E-state index contributed by atoms with van der Waals surface area (Å²) in [5.74, 6) is 1.63. The topological polar surface area (TPSA) is 63.6 Å². The maximum atomic E-state index is 6.06. The molecule has 162 valence electrons. The molecular formula is C23H26ClN5O2. The quantitative estimate of drug-likeness (QED) is 0.615. The van der Waals surface area contributed by atoms with Crippen molar-refractivity contribution in [2.45, 2.75) is 25.9 Å². The number of pyridine rings is 1. The van der Waals surface area contributed by atoms with Gasteiger partial charge >= 0.3 is 0 Å². The lowest BCUT2D eigenvalue weighted by Crippen LogP contribution is -2.46. The van der Waals surface area contributed by atoms with E-state index in [4.69, 9.17) is 36.0 Å². The number of rotatable bonds is 3. The summed E-state index contributed by atoms with van der Waals surface area (Å²) >= 11 is 6.06. The van der Waals surface area contributed by atoms with E-state index in [1.165, 1.54) is 0 Å². The Morgan fingerprint density at radius 2 is 1.52 bits per heavy atom. The van der Waals surface area contributed by atoms with E-state index in [2.05, 4.69) is 29.7 Å². The summed E-state index contributed by atoms with van der Waals surface area (Å²) in [7, 11) is 0. The van der Waals surface area contributed by atoms with E-state index in [1.807, 2.05) is 30.3 Å². The standard InChI is InChI=1S/C23H26ClN5O2/c1-15-13-30-11-9-28(15)22-19-7-8-20(17-3-5-18(24)6-4-17)25-21(19)26-23(27-22)29-10-12-31-14-16(29)2/h3-8,15-16H,9-14H2,1-2H3/t15-,16-/m0/s1. The van der Waals surface area contributed by atoms with Crippen LogP contribution in [0.5, 0.6) is 0 Å². The van der Waals surface area contributed by atoms with Gasteiger partial charge in [0.15, 0.2) is 5.65 Å². The van der Waals surface area contributed by atoms with Gasteiger partial charge in [-0.25, -0.2) is 4.98 Å². The Bertz CT molecular complexity index is 1080. The molecule has 7 nitrogen and oxygen atoms in total. The Labute approximate surface area is 187 Å². The Balaban J connectivity index is 1.65. The van der Waals surface area contributed by atoms with E-state index in [9.17, 15) is 0 Å². The summed E-state index contributed by atoms with van der Waals surface area (Å²) < 4.78 is 11.3. The number of halogens is 1. The molecule has 1 aromatic carbocycles. The maximum absolute atomic E-state index is 6.06.